The Morgan fingerprint density at radius 3 is 2.63 bits per heavy atom. The van der Waals surface area contributed by atoms with Crippen molar-refractivity contribution < 1.29 is 29.2 Å². The van der Waals surface area contributed by atoms with E-state index in [4.69, 9.17) is 4.74 Å². The molecule has 1 N–H and O–H groups in total. The lowest BCUT2D eigenvalue weighted by Gasteiger charge is -2.27. The first-order valence-electron chi connectivity index (χ1n) is 9.49. The first-order valence-corrected chi connectivity index (χ1v) is 10.3. The van der Waals surface area contributed by atoms with Crippen molar-refractivity contribution in [1.82, 2.24) is 9.80 Å². The van der Waals surface area contributed by atoms with Crippen molar-refractivity contribution in [3.63, 3.8) is 0 Å². The second-order valence-electron chi connectivity index (χ2n) is 6.79. The third kappa shape index (κ3) is 4.56. The largest absolute Gasteiger partial charge is 0.500 e. The summed E-state index contributed by atoms with van der Waals surface area (Å²) in [5.41, 5.74) is -0.359. The molecule has 0 spiro atoms. The number of nitro benzene ring substituents is 1. The Balaban J connectivity index is 1.82. The van der Waals surface area contributed by atoms with Crippen LogP contribution in [0.15, 0.2) is 17.0 Å². The number of phenols is 1. The summed E-state index contributed by atoms with van der Waals surface area (Å²) in [5.74, 6) is -1.63. The number of hydrogen-bond donors (Lipinski definition) is 1. The molecule has 0 unspecified atom stereocenters. The Bertz CT molecular complexity index is 925. The molecule has 0 bridgehead atoms. The summed E-state index contributed by atoms with van der Waals surface area (Å²) in [6.07, 6.45) is 4.16. The topological polar surface area (TPSA) is 130 Å². The van der Waals surface area contributed by atoms with Gasteiger partial charge in [0.2, 0.25) is 11.7 Å². The van der Waals surface area contributed by atoms with Gasteiger partial charge in [-0.3, -0.25) is 29.4 Å². The number of hydrogen-bond acceptors (Lipinski definition) is 8. The highest BCUT2D eigenvalue weighted by Gasteiger charge is 2.37. The van der Waals surface area contributed by atoms with E-state index in [1.54, 1.807) is 11.8 Å². The third-order valence-electron chi connectivity index (χ3n) is 4.75. The lowest BCUT2D eigenvalue weighted by Crippen LogP contribution is -2.44. The Hall–Kier alpha value is -3.08. The molecule has 0 aliphatic carbocycles. The summed E-state index contributed by atoms with van der Waals surface area (Å²) < 4.78 is 5.22. The third-order valence-corrected chi connectivity index (χ3v) is 5.65. The monoisotopic (exact) mass is 435 g/mol. The van der Waals surface area contributed by atoms with Gasteiger partial charge in [-0.2, -0.15) is 0 Å². The first kappa shape index (κ1) is 21.6. The highest BCUT2D eigenvalue weighted by molar-refractivity contribution is 8.18. The summed E-state index contributed by atoms with van der Waals surface area (Å²) in [6, 6.07) is 2.43. The number of thioether (sulfide) groups is 1. The molecule has 2 heterocycles. The van der Waals surface area contributed by atoms with Crippen molar-refractivity contribution in [3.8, 4) is 11.5 Å². The maximum atomic E-state index is 12.7. The van der Waals surface area contributed by atoms with Gasteiger partial charge in [0.1, 0.15) is 6.54 Å². The fraction of sp³-hybridized carbons (Fsp3) is 0.421. The molecule has 1 aromatic rings. The number of aromatic hydroxyl groups is 1. The second kappa shape index (κ2) is 9.16. The van der Waals surface area contributed by atoms with Crippen LogP contribution < -0.4 is 4.74 Å². The number of piperidine rings is 1. The molecule has 2 saturated heterocycles. The van der Waals surface area contributed by atoms with Crippen molar-refractivity contribution in [1.29, 1.82) is 0 Å². The molecular weight excluding hydrogens is 414 g/mol. The smallest absolute Gasteiger partial charge is 0.315 e. The Morgan fingerprint density at radius 2 is 2.00 bits per heavy atom. The van der Waals surface area contributed by atoms with Crippen LogP contribution in [0.1, 0.15) is 31.7 Å². The molecule has 1 aromatic carbocycles. The molecule has 2 aliphatic rings. The molecule has 2 aliphatic heterocycles. The normalized spacial score (nSPS) is 18.2. The van der Waals surface area contributed by atoms with E-state index in [-0.39, 0.29) is 35.3 Å². The molecule has 30 heavy (non-hydrogen) atoms. The van der Waals surface area contributed by atoms with Crippen molar-refractivity contribution >= 4 is 40.6 Å². The van der Waals surface area contributed by atoms with E-state index in [0.717, 1.165) is 30.2 Å². The highest BCUT2D eigenvalue weighted by atomic mass is 32.2. The molecule has 0 aromatic heterocycles. The van der Waals surface area contributed by atoms with Gasteiger partial charge in [-0.15, -0.1) is 0 Å². The average molecular weight is 435 g/mol. The van der Waals surface area contributed by atoms with Crippen molar-refractivity contribution in [2.24, 2.45) is 0 Å². The second-order valence-corrected chi connectivity index (χ2v) is 7.78. The van der Waals surface area contributed by atoms with Gasteiger partial charge in [0.15, 0.2) is 5.75 Å². The lowest BCUT2D eigenvalue weighted by molar-refractivity contribution is -0.386. The van der Waals surface area contributed by atoms with E-state index in [1.165, 1.54) is 12.1 Å². The highest BCUT2D eigenvalue weighted by Crippen LogP contribution is 2.39. The summed E-state index contributed by atoms with van der Waals surface area (Å²) in [7, 11) is 0. The van der Waals surface area contributed by atoms with Crippen LogP contribution in [0.25, 0.3) is 6.08 Å². The molecule has 2 fully saturated rings. The zero-order chi connectivity index (χ0) is 21.8. The number of imide groups is 1. The minimum atomic E-state index is -0.766. The predicted octanol–water partition coefficient (Wildman–Crippen LogP) is 2.75. The molecule has 3 amide bonds. The number of carbonyl (C=O) groups excluding carboxylic acids is 3. The number of likely N-dealkylation sites (tertiary alicyclic amines) is 1. The quantitative estimate of drug-likeness (QED) is 0.410. The van der Waals surface area contributed by atoms with Gasteiger partial charge >= 0.3 is 5.69 Å². The van der Waals surface area contributed by atoms with Crippen molar-refractivity contribution in [2.75, 3.05) is 26.2 Å². The number of nitrogens with zero attached hydrogens (tertiary/aromatic N) is 3. The van der Waals surface area contributed by atoms with Gasteiger partial charge in [0, 0.05) is 19.2 Å². The van der Waals surface area contributed by atoms with Crippen LogP contribution in [0.5, 0.6) is 11.5 Å². The van der Waals surface area contributed by atoms with Gasteiger partial charge in [-0.1, -0.05) is 0 Å². The predicted molar refractivity (Wildman–Crippen MR) is 109 cm³/mol. The van der Waals surface area contributed by atoms with Crippen LogP contribution in [0.4, 0.5) is 10.5 Å². The Kier molecular flexibility index (Phi) is 6.60. The van der Waals surface area contributed by atoms with E-state index in [0.29, 0.717) is 24.9 Å². The number of benzene rings is 1. The minimum Gasteiger partial charge on any atom is -0.500 e. The number of phenolic OH excluding ortho intramolecular Hbond substituents is 1. The zero-order valence-electron chi connectivity index (χ0n) is 16.3. The van der Waals surface area contributed by atoms with E-state index in [1.807, 2.05) is 0 Å². The number of carbonyl (C=O) groups is 3. The molecule has 11 heteroatoms. The van der Waals surface area contributed by atoms with Gasteiger partial charge < -0.3 is 14.7 Å². The van der Waals surface area contributed by atoms with Crippen LogP contribution in [-0.2, 0) is 9.59 Å². The molecule has 0 radical (unpaired) electrons. The van der Waals surface area contributed by atoms with E-state index < -0.39 is 27.5 Å². The number of rotatable bonds is 6. The van der Waals surface area contributed by atoms with Crippen LogP contribution >= 0.6 is 11.8 Å². The molecule has 160 valence electrons. The summed E-state index contributed by atoms with van der Waals surface area (Å²) in [4.78, 5) is 50.4. The van der Waals surface area contributed by atoms with Crippen molar-refractivity contribution in [3.05, 3.63) is 32.7 Å². The zero-order valence-corrected chi connectivity index (χ0v) is 17.1. The lowest BCUT2D eigenvalue weighted by atomic mass is 10.1. The summed E-state index contributed by atoms with van der Waals surface area (Å²) in [6.45, 7) is 2.72. The van der Waals surface area contributed by atoms with Crippen LogP contribution in [0, 0.1) is 10.1 Å². The fourth-order valence-electron chi connectivity index (χ4n) is 3.27. The standard InChI is InChI=1S/C19H21N3O7S/c1-2-29-14-9-12(8-13(17(14)24)22(27)28)10-15-18(25)21(19(26)30-15)11-16(23)20-6-4-3-5-7-20/h8-10,24H,2-7,11H2,1H3/b15-10-. The average Bonchev–Trinajstić information content (AvgIpc) is 2.98. The van der Waals surface area contributed by atoms with Crippen LogP contribution in [-0.4, -0.2) is 63.1 Å². The number of amides is 3. The van der Waals surface area contributed by atoms with Gasteiger partial charge in [-0.25, -0.2) is 0 Å². The van der Waals surface area contributed by atoms with Gasteiger partial charge in [0.05, 0.1) is 16.4 Å². The summed E-state index contributed by atoms with van der Waals surface area (Å²) >= 11 is 0.658. The van der Waals surface area contributed by atoms with Crippen molar-refractivity contribution in [2.45, 2.75) is 26.2 Å². The summed E-state index contributed by atoms with van der Waals surface area (Å²) in [5, 5.41) is 20.6. The molecule has 0 atom stereocenters. The first-order chi connectivity index (χ1) is 14.3. The number of ether oxygens (including phenoxy) is 1. The van der Waals surface area contributed by atoms with E-state index in [2.05, 4.69) is 0 Å². The van der Waals surface area contributed by atoms with E-state index >= 15 is 0 Å². The van der Waals surface area contributed by atoms with Crippen LogP contribution in [0.2, 0.25) is 0 Å². The van der Waals surface area contributed by atoms with E-state index in [9.17, 15) is 29.6 Å². The number of nitro groups is 1. The maximum absolute atomic E-state index is 12.7. The maximum Gasteiger partial charge on any atom is 0.315 e. The minimum absolute atomic E-state index is 0.0360. The molecule has 0 saturated carbocycles. The van der Waals surface area contributed by atoms with Gasteiger partial charge in [0.25, 0.3) is 11.1 Å². The van der Waals surface area contributed by atoms with Crippen LogP contribution in [0.3, 0.4) is 0 Å². The molecular formula is C19H21N3O7S. The Morgan fingerprint density at radius 1 is 1.30 bits per heavy atom. The molecule has 3 rings (SSSR count). The molecule has 10 nitrogen and oxygen atoms in total. The van der Waals surface area contributed by atoms with Gasteiger partial charge in [-0.05, 0) is 55.7 Å². The Labute approximate surface area is 176 Å². The SMILES string of the molecule is CCOc1cc(/C=C2\SC(=O)N(CC(=O)N3CCCCC3)C2=O)cc([N+](=O)[O-])c1O. The fourth-order valence-corrected chi connectivity index (χ4v) is 4.11.